The van der Waals surface area contributed by atoms with Crippen molar-refractivity contribution in [2.45, 2.75) is 13.8 Å². The van der Waals surface area contributed by atoms with Crippen LogP contribution in [-0.4, -0.2) is 10.5 Å². The van der Waals surface area contributed by atoms with E-state index in [9.17, 15) is 18.8 Å². The highest BCUT2D eigenvalue weighted by atomic mass is 35.5. The summed E-state index contributed by atoms with van der Waals surface area (Å²) >= 11 is 12.2. The summed E-state index contributed by atoms with van der Waals surface area (Å²) in [6, 6.07) is 11.5. The van der Waals surface area contributed by atoms with Crippen molar-refractivity contribution in [1.82, 2.24) is 4.57 Å². The fourth-order valence-corrected chi connectivity index (χ4v) is 3.60. The van der Waals surface area contributed by atoms with Crippen LogP contribution in [0.2, 0.25) is 10.0 Å². The number of aryl methyl sites for hydroxylation is 1. The van der Waals surface area contributed by atoms with Crippen LogP contribution in [0.25, 0.3) is 11.8 Å². The smallest absolute Gasteiger partial charge is 0.266 e. The average Bonchev–Trinajstić information content (AvgIpc) is 2.94. The maximum absolute atomic E-state index is 13.8. The van der Waals surface area contributed by atoms with Gasteiger partial charge in [0.15, 0.2) is 0 Å². The normalized spacial score (nSPS) is 11.3. The van der Waals surface area contributed by atoms with Gasteiger partial charge in [0.25, 0.3) is 5.91 Å². The second-order valence-electron chi connectivity index (χ2n) is 6.54. The molecule has 0 unspecified atom stereocenters. The number of rotatable bonds is 4. The Morgan fingerprint density at radius 1 is 1.10 bits per heavy atom. The molecule has 0 aliphatic rings. The Morgan fingerprint density at radius 2 is 1.77 bits per heavy atom. The Balaban J connectivity index is 1.96. The second kappa shape index (κ2) is 8.70. The van der Waals surface area contributed by atoms with Crippen LogP contribution in [0.5, 0.6) is 0 Å². The Kier molecular flexibility index (Phi) is 6.25. The van der Waals surface area contributed by atoms with E-state index in [0.717, 1.165) is 29.2 Å². The van der Waals surface area contributed by atoms with E-state index in [4.69, 9.17) is 23.2 Å². The Hall–Kier alpha value is -3.14. The molecule has 1 aromatic heterocycles. The lowest BCUT2D eigenvalue weighted by atomic mass is 10.1. The summed E-state index contributed by atoms with van der Waals surface area (Å²) in [5, 5.41) is 12.7. The third-order valence-corrected chi connectivity index (χ3v) is 4.86. The molecule has 0 atom stereocenters. The molecule has 3 aromatic rings. The monoisotopic (exact) mass is 445 g/mol. The number of nitrogens with zero attached hydrogens (tertiary/aromatic N) is 2. The minimum atomic E-state index is -0.934. The highest BCUT2D eigenvalue weighted by Crippen LogP contribution is 2.27. The molecule has 0 saturated heterocycles. The van der Waals surface area contributed by atoms with Gasteiger partial charge < -0.3 is 9.88 Å². The lowest BCUT2D eigenvalue weighted by molar-refractivity contribution is -0.112. The number of hydrogen-bond donors (Lipinski definition) is 1. The van der Waals surface area contributed by atoms with Gasteiger partial charge in [0.05, 0.1) is 5.69 Å². The van der Waals surface area contributed by atoms with E-state index >= 15 is 0 Å². The van der Waals surface area contributed by atoms with Crippen molar-refractivity contribution in [2.24, 2.45) is 0 Å². The Morgan fingerprint density at radius 3 is 2.37 bits per heavy atom. The van der Waals surface area contributed by atoms with Crippen LogP contribution in [0.15, 0.2) is 48.0 Å². The zero-order chi connectivity index (χ0) is 22.0. The first-order valence-corrected chi connectivity index (χ1v) is 9.49. The van der Waals surface area contributed by atoms with Crippen molar-refractivity contribution in [3.8, 4) is 11.8 Å². The van der Waals surface area contributed by atoms with Crippen molar-refractivity contribution in [1.29, 1.82) is 5.26 Å². The van der Waals surface area contributed by atoms with Gasteiger partial charge in [-0.25, -0.2) is 8.78 Å². The first-order chi connectivity index (χ1) is 14.2. The molecule has 8 heteroatoms. The number of carbonyl (C=O) groups is 1. The third-order valence-electron chi connectivity index (χ3n) is 4.42. The predicted molar refractivity (Wildman–Crippen MR) is 114 cm³/mol. The number of amides is 1. The second-order valence-corrected chi connectivity index (χ2v) is 7.41. The van der Waals surface area contributed by atoms with E-state index in [-0.39, 0.29) is 11.3 Å². The van der Waals surface area contributed by atoms with Crippen LogP contribution in [0.3, 0.4) is 0 Å². The fourth-order valence-electron chi connectivity index (χ4n) is 3.08. The van der Waals surface area contributed by atoms with E-state index in [1.54, 1.807) is 24.3 Å². The summed E-state index contributed by atoms with van der Waals surface area (Å²) in [5.41, 5.74) is 2.48. The number of anilines is 1. The maximum atomic E-state index is 13.8. The molecule has 1 amide bonds. The van der Waals surface area contributed by atoms with Crippen LogP contribution < -0.4 is 5.32 Å². The molecular formula is C22H15Cl2F2N3O. The van der Waals surface area contributed by atoms with E-state index in [2.05, 4.69) is 5.32 Å². The summed E-state index contributed by atoms with van der Waals surface area (Å²) in [6.45, 7) is 3.68. The Bertz CT molecular complexity index is 1210. The highest BCUT2D eigenvalue weighted by Gasteiger charge is 2.16. The molecule has 0 spiro atoms. The third kappa shape index (κ3) is 4.54. The topological polar surface area (TPSA) is 57.8 Å². The summed E-state index contributed by atoms with van der Waals surface area (Å²) in [6.07, 6.45) is 1.40. The molecule has 30 heavy (non-hydrogen) atoms. The fraction of sp³-hybridized carbons (Fsp3) is 0.0909. The standard InChI is InChI=1S/C22H15Cl2F2N3O/c1-12-5-14(13(2)29(12)19-8-16(23)7-17(24)9-19)6-15(11-27)22(30)28-21-4-3-18(25)10-20(21)26/h3-10H,1-2H3,(H,28,30). The predicted octanol–water partition coefficient (Wildman–Crippen LogP) is 6.22. The van der Waals surface area contributed by atoms with Gasteiger partial charge in [-0.05, 0) is 61.9 Å². The van der Waals surface area contributed by atoms with Crippen molar-refractivity contribution in [3.63, 3.8) is 0 Å². The molecule has 152 valence electrons. The molecular weight excluding hydrogens is 431 g/mol. The average molecular weight is 446 g/mol. The number of benzene rings is 2. The number of nitrogens with one attached hydrogen (secondary N) is 1. The highest BCUT2D eigenvalue weighted by molar-refractivity contribution is 6.34. The molecule has 1 N–H and O–H groups in total. The minimum absolute atomic E-state index is 0.221. The number of nitriles is 1. The van der Waals surface area contributed by atoms with Crippen LogP contribution in [0.1, 0.15) is 17.0 Å². The van der Waals surface area contributed by atoms with E-state index in [0.29, 0.717) is 21.7 Å². The molecule has 0 aliphatic heterocycles. The van der Waals surface area contributed by atoms with Crippen LogP contribution >= 0.6 is 23.2 Å². The molecule has 1 heterocycles. The van der Waals surface area contributed by atoms with Gasteiger partial charge in [0.2, 0.25) is 0 Å². The Labute approximate surface area is 182 Å². The lowest BCUT2D eigenvalue weighted by Gasteiger charge is -2.11. The molecule has 2 aromatic carbocycles. The van der Waals surface area contributed by atoms with Gasteiger partial charge >= 0.3 is 0 Å². The van der Waals surface area contributed by atoms with Gasteiger partial charge in [-0.3, -0.25) is 4.79 Å². The van der Waals surface area contributed by atoms with E-state index in [1.165, 1.54) is 6.08 Å². The summed E-state index contributed by atoms with van der Waals surface area (Å²) in [7, 11) is 0. The first-order valence-electron chi connectivity index (χ1n) is 8.73. The summed E-state index contributed by atoms with van der Waals surface area (Å²) in [4.78, 5) is 12.4. The molecule has 0 radical (unpaired) electrons. The minimum Gasteiger partial charge on any atom is -0.319 e. The van der Waals surface area contributed by atoms with Gasteiger partial charge in [-0.2, -0.15) is 5.26 Å². The van der Waals surface area contributed by atoms with Gasteiger partial charge in [-0.15, -0.1) is 0 Å². The largest absolute Gasteiger partial charge is 0.319 e. The quantitative estimate of drug-likeness (QED) is 0.382. The van der Waals surface area contributed by atoms with Gasteiger partial charge in [0.1, 0.15) is 23.3 Å². The van der Waals surface area contributed by atoms with Crippen LogP contribution in [0, 0.1) is 36.8 Å². The molecule has 0 bridgehead atoms. The lowest BCUT2D eigenvalue weighted by Crippen LogP contribution is -2.14. The zero-order valence-corrected chi connectivity index (χ0v) is 17.4. The number of hydrogen-bond acceptors (Lipinski definition) is 2. The summed E-state index contributed by atoms with van der Waals surface area (Å²) in [5.74, 6) is -2.51. The van der Waals surface area contributed by atoms with Crippen molar-refractivity contribution in [3.05, 3.63) is 86.7 Å². The summed E-state index contributed by atoms with van der Waals surface area (Å²) < 4.78 is 28.7. The number of aromatic nitrogens is 1. The maximum Gasteiger partial charge on any atom is 0.266 e. The molecule has 0 saturated carbocycles. The van der Waals surface area contributed by atoms with Crippen molar-refractivity contribution >= 4 is 40.9 Å². The van der Waals surface area contributed by atoms with Crippen LogP contribution in [-0.2, 0) is 4.79 Å². The van der Waals surface area contributed by atoms with E-state index in [1.807, 2.05) is 24.5 Å². The zero-order valence-electron chi connectivity index (χ0n) is 15.9. The SMILES string of the molecule is Cc1cc(C=C(C#N)C(=O)Nc2ccc(F)cc2F)c(C)n1-c1cc(Cl)cc(Cl)c1. The van der Waals surface area contributed by atoms with Crippen LogP contribution in [0.4, 0.5) is 14.5 Å². The van der Waals surface area contributed by atoms with Crippen molar-refractivity contribution < 1.29 is 13.6 Å². The van der Waals surface area contributed by atoms with Gasteiger partial charge in [0, 0.05) is 33.2 Å². The number of halogens is 4. The molecule has 4 nitrogen and oxygen atoms in total. The van der Waals surface area contributed by atoms with E-state index < -0.39 is 17.5 Å². The number of carbonyl (C=O) groups excluding carboxylic acids is 1. The first kappa shape index (κ1) is 21.6. The molecule has 3 rings (SSSR count). The molecule has 0 aliphatic carbocycles. The van der Waals surface area contributed by atoms with Crippen molar-refractivity contribution in [2.75, 3.05) is 5.32 Å². The van der Waals surface area contributed by atoms with Gasteiger partial charge in [-0.1, -0.05) is 23.2 Å². The molecule has 0 fully saturated rings.